The Kier molecular flexibility index (Phi) is 4.33. The van der Waals surface area contributed by atoms with Crippen LogP contribution < -0.4 is 5.32 Å². The van der Waals surface area contributed by atoms with Crippen molar-refractivity contribution in [2.45, 2.75) is 6.54 Å². The molecule has 0 unspecified atom stereocenters. The Hall–Kier alpha value is -3.15. The Bertz CT molecular complexity index is 824. The average Bonchev–Trinajstić information content (AvgIpc) is 2.61. The van der Waals surface area contributed by atoms with Gasteiger partial charge in [-0.15, -0.1) is 0 Å². The predicted molar refractivity (Wildman–Crippen MR) is 82.8 cm³/mol. The SMILES string of the molecule is O=C(NCc1cccnn1)c1cncc(-c2ccccc2F)c1. The summed E-state index contributed by atoms with van der Waals surface area (Å²) in [5, 5.41) is 10.4. The van der Waals surface area contributed by atoms with Crippen molar-refractivity contribution in [1.82, 2.24) is 20.5 Å². The van der Waals surface area contributed by atoms with Gasteiger partial charge < -0.3 is 5.32 Å². The van der Waals surface area contributed by atoms with Gasteiger partial charge in [0.05, 0.1) is 17.8 Å². The largest absolute Gasteiger partial charge is 0.346 e. The number of hydrogen-bond acceptors (Lipinski definition) is 4. The number of benzene rings is 1. The van der Waals surface area contributed by atoms with Gasteiger partial charge in [-0.2, -0.15) is 10.2 Å². The maximum Gasteiger partial charge on any atom is 0.253 e. The second-order valence-corrected chi connectivity index (χ2v) is 4.84. The van der Waals surface area contributed by atoms with Gasteiger partial charge in [-0.1, -0.05) is 18.2 Å². The molecule has 0 aliphatic rings. The lowest BCUT2D eigenvalue weighted by atomic mass is 10.1. The molecule has 2 aromatic heterocycles. The van der Waals surface area contributed by atoms with Crippen molar-refractivity contribution in [1.29, 1.82) is 0 Å². The average molecular weight is 308 g/mol. The first kappa shape index (κ1) is 14.8. The Morgan fingerprint density at radius 3 is 2.78 bits per heavy atom. The number of carbonyl (C=O) groups is 1. The number of nitrogens with zero attached hydrogens (tertiary/aromatic N) is 3. The van der Waals surface area contributed by atoms with Gasteiger partial charge in [-0.25, -0.2) is 4.39 Å². The number of halogens is 1. The van der Waals surface area contributed by atoms with Crippen molar-refractivity contribution >= 4 is 5.91 Å². The zero-order chi connectivity index (χ0) is 16.1. The van der Waals surface area contributed by atoms with Crippen LogP contribution in [0.15, 0.2) is 61.1 Å². The number of amides is 1. The van der Waals surface area contributed by atoms with Gasteiger partial charge in [0.15, 0.2) is 0 Å². The number of carbonyl (C=O) groups excluding carboxylic acids is 1. The number of pyridine rings is 1. The Balaban J connectivity index is 1.77. The van der Waals surface area contributed by atoms with E-state index in [0.717, 1.165) is 0 Å². The minimum Gasteiger partial charge on any atom is -0.346 e. The van der Waals surface area contributed by atoms with E-state index in [1.54, 1.807) is 42.6 Å². The Morgan fingerprint density at radius 1 is 1.13 bits per heavy atom. The molecule has 0 saturated heterocycles. The highest BCUT2D eigenvalue weighted by molar-refractivity contribution is 5.95. The van der Waals surface area contributed by atoms with E-state index in [9.17, 15) is 9.18 Å². The molecule has 114 valence electrons. The molecule has 0 aliphatic carbocycles. The molecule has 1 N–H and O–H groups in total. The topological polar surface area (TPSA) is 67.8 Å². The Morgan fingerprint density at radius 2 is 2.00 bits per heavy atom. The fraction of sp³-hybridized carbons (Fsp3) is 0.0588. The van der Waals surface area contributed by atoms with Crippen molar-refractivity contribution in [3.05, 3.63) is 78.1 Å². The maximum absolute atomic E-state index is 13.8. The normalized spacial score (nSPS) is 10.3. The summed E-state index contributed by atoms with van der Waals surface area (Å²) < 4.78 is 13.8. The van der Waals surface area contributed by atoms with Crippen molar-refractivity contribution in [3.63, 3.8) is 0 Å². The minimum absolute atomic E-state index is 0.261. The van der Waals surface area contributed by atoms with Crippen LogP contribution in [0.5, 0.6) is 0 Å². The van der Waals surface area contributed by atoms with Crippen molar-refractivity contribution in [3.8, 4) is 11.1 Å². The zero-order valence-corrected chi connectivity index (χ0v) is 12.1. The molecule has 1 amide bonds. The predicted octanol–water partition coefficient (Wildman–Crippen LogP) is 2.61. The van der Waals surface area contributed by atoms with Gasteiger partial charge in [0.1, 0.15) is 5.82 Å². The van der Waals surface area contributed by atoms with Crippen LogP contribution in [0.2, 0.25) is 0 Å². The molecule has 0 atom stereocenters. The number of rotatable bonds is 4. The summed E-state index contributed by atoms with van der Waals surface area (Å²) in [6, 6.07) is 11.5. The van der Waals surface area contributed by atoms with Gasteiger partial charge in [0.25, 0.3) is 5.91 Å². The first-order valence-electron chi connectivity index (χ1n) is 6.99. The van der Waals surface area contributed by atoms with Gasteiger partial charge in [-0.05, 0) is 24.3 Å². The van der Waals surface area contributed by atoms with E-state index < -0.39 is 0 Å². The molecular weight excluding hydrogens is 295 g/mol. The number of aromatic nitrogens is 3. The van der Waals surface area contributed by atoms with E-state index in [0.29, 0.717) is 22.4 Å². The van der Waals surface area contributed by atoms with Crippen LogP contribution in [0.25, 0.3) is 11.1 Å². The van der Waals surface area contributed by atoms with Gasteiger partial charge in [0, 0.05) is 29.7 Å². The van der Waals surface area contributed by atoms with E-state index in [1.165, 1.54) is 18.5 Å². The highest BCUT2D eigenvalue weighted by Crippen LogP contribution is 2.22. The molecule has 3 rings (SSSR count). The molecule has 3 aromatic rings. The van der Waals surface area contributed by atoms with E-state index in [-0.39, 0.29) is 18.3 Å². The molecule has 23 heavy (non-hydrogen) atoms. The fourth-order valence-corrected chi connectivity index (χ4v) is 2.11. The van der Waals surface area contributed by atoms with Crippen LogP contribution in [-0.2, 0) is 6.54 Å². The second-order valence-electron chi connectivity index (χ2n) is 4.84. The smallest absolute Gasteiger partial charge is 0.253 e. The first-order chi connectivity index (χ1) is 11.2. The third kappa shape index (κ3) is 3.55. The quantitative estimate of drug-likeness (QED) is 0.804. The van der Waals surface area contributed by atoms with Crippen molar-refractivity contribution in [2.75, 3.05) is 0 Å². The maximum atomic E-state index is 13.8. The summed E-state index contributed by atoms with van der Waals surface area (Å²) in [6.45, 7) is 0.261. The van der Waals surface area contributed by atoms with Gasteiger partial charge in [0.2, 0.25) is 0 Å². The van der Waals surface area contributed by atoms with Crippen molar-refractivity contribution < 1.29 is 9.18 Å². The van der Waals surface area contributed by atoms with Gasteiger partial charge in [-0.3, -0.25) is 9.78 Å². The summed E-state index contributed by atoms with van der Waals surface area (Å²) in [7, 11) is 0. The highest BCUT2D eigenvalue weighted by Gasteiger charge is 2.10. The van der Waals surface area contributed by atoms with Crippen LogP contribution in [-0.4, -0.2) is 21.1 Å². The summed E-state index contributed by atoms with van der Waals surface area (Å²) >= 11 is 0. The molecular formula is C17H13FN4O. The molecule has 0 spiro atoms. The monoisotopic (exact) mass is 308 g/mol. The van der Waals surface area contributed by atoms with E-state index in [4.69, 9.17) is 0 Å². The second kappa shape index (κ2) is 6.74. The molecule has 0 aliphatic heterocycles. The van der Waals surface area contributed by atoms with Crippen LogP contribution in [0.1, 0.15) is 16.1 Å². The molecule has 0 fully saturated rings. The molecule has 5 nitrogen and oxygen atoms in total. The standard InChI is InChI=1S/C17H13FN4O/c18-16-6-2-1-5-15(16)12-8-13(10-19-9-12)17(23)20-11-14-4-3-7-21-22-14/h1-10H,11H2,(H,20,23). The Labute approximate surface area is 132 Å². The lowest BCUT2D eigenvalue weighted by Crippen LogP contribution is -2.23. The third-order valence-corrected chi connectivity index (χ3v) is 3.24. The van der Waals surface area contributed by atoms with E-state index in [1.807, 2.05) is 0 Å². The van der Waals surface area contributed by atoms with Crippen LogP contribution in [0, 0.1) is 5.82 Å². The number of nitrogens with one attached hydrogen (secondary N) is 1. The molecule has 1 aromatic carbocycles. The van der Waals surface area contributed by atoms with Crippen molar-refractivity contribution in [2.24, 2.45) is 0 Å². The highest BCUT2D eigenvalue weighted by atomic mass is 19.1. The molecule has 6 heteroatoms. The molecule has 0 bridgehead atoms. The minimum atomic E-state index is -0.355. The summed E-state index contributed by atoms with van der Waals surface area (Å²) in [5.74, 6) is -0.659. The summed E-state index contributed by atoms with van der Waals surface area (Å²) in [5.41, 5.74) is 1.97. The number of hydrogen-bond donors (Lipinski definition) is 1. The summed E-state index contributed by atoms with van der Waals surface area (Å²) in [6.07, 6.45) is 4.53. The van der Waals surface area contributed by atoms with Gasteiger partial charge >= 0.3 is 0 Å². The van der Waals surface area contributed by atoms with E-state index in [2.05, 4.69) is 20.5 Å². The van der Waals surface area contributed by atoms with E-state index >= 15 is 0 Å². The molecule has 2 heterocycles. The molecule has 0 radical (unpaired) electrons. The summed E-state index contributed by atoms with van der Waals surface area (Å²) in [4.78, 5) is 16.2. The molecule has 0 saturated carbocycles. The first-order valence-corrected chi connectivity index (χ1v) is 6.99. The lowest BCUT2D eigenvalue weighted by Gasteiger charge is -2.07. The third-order valence-electron chi connectivity index (χ3n) is 3.24. The van der Waals surface area contributed by atoms with Crippen LogP contribution >= 0.6 is 0 Å². The zero-order valence-electron chi connectivity index (χ0n) is 12.1. The fourth-order valence-electron chi connectivity index (χ4n) is 2.11. The lowest BCUT2D eigenvalue weighted by molar-refractivity contribution is 0.0950. The van der Waals surface area contributed by atoms with Crippen LogP contribution in [0.4, 0.5) is 4.39 Å². The van der Waals surface area contributed by atoms with Crippen LogP contribution in [0.3, 0.4) is 0 Å².